The predicted octanol–water partition coefficient (Wildman–Crippen LogP) is 4.10. The average Bonchev–Trinajstić information content (AvgIpc) is 2.90. The molecule has 0 amide bonds. The first-order chi connectivity index (χ1) is 10.4. The quantitative estimate of drug-likeness (QED) is 0.657. The summed E-state index contributed by atoms with van der Waals surface area (Å²) in [6.45, 7) is -2.66. The van der Waals surface area contributed by atoms with E-state index in [1.165, 1.54) is 0 Å². The van der Waals surface area contributed by atoms with E-state index < -0.39 is 55.3 Å². The van der Waals surface area contributed by atoms with E-state index in [2.05, 4.69) is 9.47 Å². The summed E-state index contributed by atoms with van der Waals surface area (Å²) in [4.78, 5) is 0. The summed E-state index contributed by atoms with van der Waals surface area (Å²) in [7, 11) is 0. The molecule has 0 radical (unpaired) electrons. The van der Waals surface area contributed by atoms with Crippen LogP contribution in [0, 0.1) is 0 Å². The molecule has 2 nitrogen and oxygen atoms in total. The molecule has 0 aliphatic carbocycles. The highest BCUT2D eigenvalue weighted by atomic mass is 19.4. The maximum Gasteiger partial charge on any atom is 0.460 e. The van der Waals surface area contributed by atoms with Crippen LogP contribution in [0.25, 0.3) is 0 Å². The minimum absolute atomic E-state index is 1.14. The highest BCUT2D eigenvalue weighted by molar-refractivity contribution is 5.11. The molecule has 1 aliphatic heterocycles. The minimum atomic E-state index is -7.90. The van der Waals surface area contributed by atoms with Gasteiger partial charge in [0.05, 0.1) is 6.61 Å². The van der Waals surface area contributed by atoms with Gasteiger partial charge in [-0.05, 0) is 0 Å². The van der Waals surface area contributed by atoms with Crippen molar-refractivity contribution in [2.24, 2.45) is 0 Å². The smallest absolute Gasteiger partial charge is 0.352 e. The minimum Gasteiger partial charge on any atom is -0.352 e. The fraction of sp³-hybridized carbons (Fsp3) is 1.00. The largest absolute Gasteiger partial charge is 0.460 e. The molecular weight excluding hydrogens is 387 g/mol. The molecule has 15 heteroatoms. The standard InChI is InChI=1S/C9H5F13O2/c10-4(11,3-1-23-2-24-3)5(12,13)6(14,15)7(16,17)8(18,19)9(20,21)22/h3H,1-2H2. The van der Waals surface area contributed by atoms with Crippen molar-refractivity contribution in [3.05, 3.63) is 0 Å². The van der Waals surface area contributed by atoms with Crippen molar-refractivity contribution >= 4 is 0 Å². The van der Waals surface area contributed by atoms with Crippen molar-refractivity contribution in [2.45, 2.75) is 41.9 Å². The molecule has 1 fully saturated rings. The Morgan fingerprint density at radius 1 is 0.583 bits per heavy atom. The fourth-order valence-corrected chi connectivity index (χ4v) is 1.53. The van der Waals surface area contributed by atoms with Gasteiger partial charge in [0, 0.05) is 0 Å². The first-order valence-corrected chi connectivity index (χ1v) is 5.51. The lowest BCUT2D eigenvalue weighted by Gasteiger charge is -2.40. The van der Waals surface area contributed by atoms with Crippen LogP contribution in [-0.4, -0.2) is 55.3 Å². The summed E-state index contributed by atoms with van der Waals surface area (Å²) in [6.07, 6.45) is -10.7. The van der Waals surface area contributed by atoms with Gasteiger partial charge >= 0.3 is 35.8 Å². The highest BCUT2D eigenvalue weighted by Gasteiger charge is 2.91. The van der Waals surface area contributed by atoms with E-state index in [1.807, 2.05) is 0 Å². The van der Waals surface area contributed by atoms with Crippen LogP contribution in [0.1, 0.15) is 0 Å². The topological polar surface area (TPSA) is 18.5 Å². The molecular formula is C9H5F13O2. The number of hydrogen-bond donors (Lipinski definition) is 0. The highest BCUT2D eigenvalue weighted by Crippen LogP contribution is 2.60. The van der Waals surface area contributed by atoms with Gasteiger partial charge in [-0.1, -0.05) is 0 Å². The van der Waals surface area contributed by atoms with Crippen LogP contribution < -0.4 is 0 Å². The summed E-state index contributed by atoms with van der Waals surface area (Å²) in [6, 6.07) is 0. The Bertz CT molecular complexity index is 463. The molecule has 24 heavy (non-hydrogen) atoms. The van der Waals surface area contributed by atoms with Gasteiger partial charge in [0.1, 0.15) is 6.79 Å². The number of ether oxygens (including phenoxy) is 2. The summed E-state index contributed by atoms with van der Waals surface area (Å²) < 4.78 is 173. The Labute approximate surface area is 123 Å². The number of hydrogen-bond acceptors (Lipinski definition) is 2. The molecule has 0 bridgehead atoms. The molecule has 1 unspecified atom stereocenters. The molecule has 1 atom stereocenters. The van der Waals surface area contributed by atoms with Crippen LogP contribution in [-0.2, 0) is 9.47 Å². The molecule has 1 rings (SSSR count). The maximum absolute atomic E-state index is 13.3. The van der Waals surface area contributed by atoms with Gasteiger partial charge < -0.3 is 9.47 Å². The van der Waals surface area contributed by atoms with Crippen molar-refractivity contribution in [3.8, 4) is 0 Å². The van der Waals surface area contributed by atoms with Gasteiger partial charge in [0.25, 0.3) is 0 Å². The van der Waals surface area contributed by atoms with Gasteiger partial charge in [0.2, 0.25) is 0 Å². The summed E-state index contributed by atoms with van der Waals surface area (Å²) in [5.74, 6) is -37.0. The molecule has 0 aromatic rings. The number of alkyl halides is 13. The van der Waals surface area contributed by atoms with Crippen LogP contribution in [0.4, 0.5) is 57.1 Å². The van der Waals surface area contributed by atoms with E-state index in [4.69, 9.17) is 0 Å². The number of rotatable bonds is 5. The third-order valence-electron chi connectivity index (χ3n) is 2.98. The van der Waals surface area contributed by atoms with Crippen molar-refractivity contribution in [1.82, 2.24) is 0 Å². The van der Waals surface area contributed by atoms with E-state index in [0.717, 1.165) is 0 Å². The van der Waals surface area contributed by atoms with Gasteiger partial charge in [-0.25, -0.2) is 0 Å². The van der Waals surface area contributed by atoms with E-state index in [-0.39, 0.29) is 0 Å². The summed E-state index contributed by atoms with van der Waals surface area (Å²) in [5, 5.41) is 0. The zero-order valence-electron chi connectivity index (χ0n) is 10.7. The predicted molar refractivity (Wildman–Crippen MR) is 46.5 cm³/mol. The molecule has 1 aliphatic rings. The van der Waals surface area contributed by atoms with E-state index in [1.54, 1.807) is 0 Å². The van der Waals surface area contributed by atoms with Crippen LogP contribution in [0.2, 0.25) is 0 Å². The molecule has 144 valence electrons. The second-order valence-corrected chi connectivity index (χ2v) is 4.56. The van der Waals surface area contributed by atoms with Crippen molar-refractivity contribution < 1.29 is 66.5 Å². The van der Waals surface area contributed by atoms with Crippen LogP contribution in [0.15, 0.2) is 0 Å². The molecule has 1 heterocycles. The SMILES string of the molecule is FC(F)(F)C(F)(F)C(F)(F)C(F)(F)C(F)(F)C(F)(F)C1COCO1. The van der Waals surface area contributed by atoms with Crippen molar-refractivity contribution in [1.29, 1.82) is 0 Å². The molecule has 0 aromatic heterocycles. The van der Waals surface area contributed by atoms with E-state index in [9.17, 15) is 57.1 Å². The van der Waals surface area contributed by atoms with Gasteiger partial charge in [0.15, 0.2) is 6.10 Å². The van der Waals surface area contributed by atoms with Gasteiger partial charge in [-0.3, -0.25) is 0 Å². The average molecular weight is 392 g/mol. The molecule has 1 saturated heterocycles. The first kappa shape index (κ1) is 21.1. The van der Waals surface area contributed by atoms with Crippen LogP contribution >= 0.6 is 0 Å². The summed E-state index contributed by atoms with van der Waals surface area (Å²) in [5.41, 5.74) is 0. The Morgan fingerprint density at radius 2 is 1.00 bits per heavy atom. The maximum atomic E-state index is 13.3. The molecule has 0 spiro atoms. The lowest BCUT2D eigenvalue weighted by Crippen LogP contribution is -2.71. The molecule has 0 N–H and O–H groups in total. The Morgan fingerprint density at radius 3 is 1.33 bits per heavy atom. The zero-order valence-corrected chi connectivity index (χ0v) is 10.7. The Balaban J connectivity index is 3.39. The zero-order chi connectivity index (χ0) is 19.4. The van der Waals surface area contributed by atoms with E-state index in [0.29, 0.717) is 0 Å². The van der Waals surface area contributed by atoms with Gasteiger partial charge in [-0.2, -0.15) is 57.1 Å². The summed E-state index contributed by atoms with van der Waals surface area (Å²) >= 11 is 0. The third-order valence-corrected chi connectivity index (χ3v) is 2.98. The van der Waals surface area contributed by atoms with E-state index >= 15 is 0 Å². The first-order valence-electron chi connectivity index (χ1n) is 5.51. The second kappa shape index (κ2) is 5.51. The molecule has 0 saturated carbocycles. The normalized spacial score (nSPS) is 22.1. The number of halogens is 13. The monoisotopic (exact) mass is 392 g/mol. The Kier molecular flexibility index (Phi) is 4.83. The molecule has 0 aromatic carbocycles. The van der Waals surface area contributed by atoms with Crippen molar-refractivity contribution in [3.63, 3.8) is 0 Å². The lowest BCUT2D eigenvalue weighted by atomic mass is 9.92. The second-order valence-electron chi connectivity index (χ2n) is 4.56. The fourth-order valence-electron chi connectivity index (χ4n) is 1.53. The lowest BCUT2D eigenvalue weighted by molar-refractivity contribution is -0.444. The van der Waals surface area contributed by atoms with Crippen molar-refractivity contribution in [2.75, 3.05) is 13.4 Å². The van der Waals surface area contributed by atoms with Crippen LogP contribution in [0.3, 0.4) is 0 Å². The third kappa shape index (κ3) is 2.59. The Hall–Kier alpha value is -0.990. The van der Waals surface area contributed by atoms with Gasteiger partial charge in [-0.15, -0.1) is 0 Å². The van der Waals surface area contributed by atoms with Crippen LogP contribution in [0.5, 0.6) is 0 Å².